The SMILES string of the molecule is CCCCN(CC(=O)N(CCOC)Cc1cccn1C)C(=O)C1CC1. The van der Waals surface area contributed by atoms with E-state index in [9.17, 15) is 9.59 Å². The van der Waals surface area contributed by atoms with Crippen LogP contribution in [0.2, 0.25) is 0 Å². The van der Waals surface area contributed by atoms with Gasteiger partial charge in [0.2, 0.25) is 11.8 Å². The Balaban J connectivity index is 2.01. The van der Waals surface area contributed by atoms with Gasteiger partial charge < -0.3 is 19.1 Å². The molecule has 0 saturated heterocycles. The van der Waals surface area contributed by atoms with Gasteiger partial charge in [-0.1, -0.05) is 13.3 Å². The molecule has 1 heterocycles. The molecule has 1 aromatic heterocycles. The number of methoxy groups -OCH3 is 1. The molecule has 0 unspecified atom stereocenters. The molecule has 140 valence electrons. The van der Waals surface area contributed by atoms with E-state index in [0.717, 1.165) is 31.4 Å². The maximum Gasteiger partial charge on any atom is 0.242 e. The van der Waals surface area contributed by atoms with Gasteiger partial charge in [-0.15, -0.1) is 0 Å². The summed E-state index contributed by atoms with van der Waals surface area (Å²) >= 11 is 0. The number of rotatable bonds is 11. The molecule has 0 radical (unpaired) electrons. The monoisotopic (exact) mass is 349 g/mol. The number of aromatic nitrogens is 1. The third-order valence-electron chi connectivity index (χ3n) is 4.67. The molecule has 0 spiro atoms. The molecule has 1 aliphatic carbocycles. The van der Waals surface area contributed by atoms with Crippen LogP contribution in [0.3, 0.4) is 0 Å². The minimum Gasteiger partial charge on any atom is -0.383 e. The van der Waals surface area contributed by atoms with Gasteiger partial charge in [-0.2, -0.15) is 0 Å². The first-order valence-electron chi connectivity index (χ1n) is 9.22. The normalized spacial score (nSPS) is 13.7. The van der Waals surface area contributed by atoms with Gasteiger partial charge in [-0.3, -0.25) is 9.59 Å². The van der Waals surface area contributed by atoms with Gasteiger partial charge in [0.25, 0.3) is 0 Å². The largest absolute Gasteiger partial charge is 0.383 e. The zero-order valence-corrected chi connectivity index (χ0v) is 15.7. The first-order valence-corrected chi connectivity index (χ1v) is 9.22. The van der Waals surface area contributed by atoms with Crippen LogP contribution in [-0.4, -0.2) is 59.5 Å². The second-order valence-corrected chi connectivity index (χ2v) is 6.81. The Morgan fingerprint density at radius 1 is 1.28 bits per heavy atom. The summed E-state index contributed by atoms with van der Waals surface area (Å²) in [4.78, 5) is 28.9. The topological polar surface area (TPSA) is 54.8 Å². The van der Waals surface area contributed by atoms with Crippen LogP contribution in [0.15, 0.2) is 18.3 Å². The van der Waals surface area contributed by atoms with Gasteiger partial charge in [-0.25, -0.2) is 0 Å². The molecule has 6 heteroatoms. The average molecular weight is 349 g/mol. The second kappa shape index (κ2) is 9.61. The third-order valence-corrected chi connectivity index (χ3v) is 4.67. The molecule has 2 amide bonds. The number of nitrogens with zero attached hydrogens (tertiary/aromatic N) is 3. The van der Waals surface area contributed by atoms with Gasteiger partial charge >= 0.3 is 0 Å². The summed E-state index contributed by atoms with van der Waals surface area (Å²) in [6, 6.07) is 3.98. The number of hydrogen-bond acceptors (Lipinski definition) is 3. The van der Waals surface area contributed by atoms with Gasteiger partial charge in [-0.05, 0) is 31.4 Å². The Morgan fingerprint density at radius 2 is 2.04 bits per heavy atom. The highest BCUT2D eigenvalue weighted by molar-refractivity contribution is 5.87. The molecule has 1 aliphatic rings. The van der Waals surface area contributed by atoms with E-state index in [0.29, 0.717) is 26.2 Å². The lowest BCUT2D eigenvalue weighted by atomic mass is 10.2. The second-order valence-electron chi connectivity index (χ2n) is 6.81. The lowest BCUT2D eigenvalue weighted by Crippen LogP contribution is -2.44. The molecule has 1 saturated carbocycles. The smallest absolute Gasteiger partial charge is 0.242 e. The average Bonchev–Trinajstić information content (AvgIpc) is 3.38. The number of aryl methyl sites for hydroxylation is 1. The van der Waals surface area contributed by atoms with Gasteiger partial charge in [0, 0.05) is 45.1 Å². The van der Waals surface area contributed by atoms with Crippen LogP contribution < -0.4 is 0 Å². The highest BCUT2D eigenvalue weighted by Gasteiger charge is 2.34. The number of amides is 2. The number of unbranched alkanes of at least 4 members (excludes halogenated alkanes) is 1. The molecule has 0 N–H and O–H groups in total. The standard InChI is InChI=1S/C19H31N3O3/c1-4-5-11-22(19(24)16-8-9-16)15-18(23)21(12-13-25-3)14-17-7-6-10-20(17)2/h6-7,10,16H,4-5,8-9,11-15H2,1-3H3. The minimum atomic E-state index is -0.0108. The van der Waals surface area contributed by atoms with Crippen LogP contribution in [0.25, 0.3) is 0 Å². The fourth-order valence-electron chi connectivity index (χ4n) is 2.82. The summed E-state index contributed by atoms with van der Waals surface area (Å²) in [6.07, 6.45) is 5.85. The molecular formula is C19H31N3O3. The first-order chi connectivity index (χ1) is 12.1. The third kappa shape index (κ3) is 5.88. The maximum absolute atomic E-state index is 12.9. The Labute approximate surface area is 150 Å². The quantitative estimate of drug-likeness (QED) is 0.614. The summed E-state index contributed by atoms with van der Waals surface area (Å²) < 4.78 is 7.17. The summed E-state index contributed by atoms with van der Waals surface area (Å²) in [5.74, 6) is 0.278. The molecule has 1 fully saturated rings. The molecular weight excluding hydrogens is 318 g/mol. The first kappa shape index (κ1) is 19.5. The van der Waals surface area contributed by atoms with Crippen molar-refractivity contribution in [2.24, 2.45) is 13.0 Å². The van der Waals surface area contributed by atoms with Gasteiger partial charge in [0.15, 0.2) is 0 Å². The predicted molar refractivity (Wildman–Crippen MR) is 96.9 cm³/mol. The minimum absolute atomic E-state index is 0.0108. The van der Waals surface area contributed by atoms with E-state index in [-0.39, 0.29) is 24.3 Å². The lowest BCUT2D eigenvalue weighted by molar-refractivity contribution is -0.142. The fourth-order valence-corrected chi connectivity index (χ4v) is 2.82. The lowest BCUT2D eigenvalue weighted by Gasteiger charge is -2.28. The highest BCUT2D eigenvalue weighted by atomic mass is 16.5. The van der Waals surface area contributed by atoms with E-state index < -0.39 is 0 Å². The van der Waals surface area contributed by atoms with E-state index in [4.69, 9.17) is 4.74 Å². The van der Waals surface area contributed by atoms with Crippen LogP contribution in [-0.2, 0) is 27.9 Å². The Hall–Kier alpha value is -1.82. The number of carbonyl (C=O) groups is 2. The molecule has 0 bridgehead atoms. The summed E-state index contributed by atoms with van der Waals surface area (Å²) in [6.45, 7) is 4.48. The van der Waals surface area contributed by atoms with Crippen molar-refractivity contribution in [3.05, 3.63) is 24.0 Å². The fraction of sp³-hybridized carbons (Fsp3) is 0.684. The van der Waals surface area contributed by atoms with Crippen LogP contribution in [0.4, 0.5) is 0 Å². The van der Waals surface area contributed by atoms with Crippen molar-refractivity contribution in [1.82, 2.24) is 14.4 Å². The summed E-state index contributed by atoms with van der Waals surface area (Å²) in [7, 11) is 3.60. The molecule has 0 aliphatic heterocycles. The van der Waals surface area contributed by atoms with Crippen molar-refractivity contribution in [1.29, 1.82) is 0 Å². The highest BCUT2D eigenvalue weighted by Crippen LogP contribution is 2.31. The molecule has 2 rings (SSSR count). The Kier molecular flexibility index (Phi) is 7.50. The van der Waals surface area contributed by atoms with Crippen molar-refractivity contribution < 1.29 is 14.3 Å². The number of carbonyl (C=O) groups excluding carboxylic acids is 2. The Morgan fingerprint density at radius 3 is 2.60 bits per heavy atom. The van der Waals surface area contributed by atoms with Crippen molar-refractivity contribution in [3.63, 3.8) is 0 Å². The molecule has 25 heavy (non-hydrogen) atoms. The van der Waals surface area contributed by atoms with E-state index >= 15 is 0 Å². The molecule has 0 aromatic carbocycles. The zero-order valence-electron chi connectivity index (χ0n) is 15.7. The molecule has 1 aromatic rings. The van der Waals surface area contributed by atoms with E-state index in [2.05, 4.69) is 6.92 Å². The number of hydrogen-bond donors (Lipinski definition) is 0. The van der Waals surface area contributed by atoms with Crippen LogP contribution in [0.5, 0.6) is 0 Å². The summed E-state index contributed by atoms with van der Waals surface area (Å²) in [5, 5.41) is 0. The van der Waals surface area contributed by atoms with Crippen molar-refractivity contribution in [2.75, 3.05) is 33.4 Å². The molecule has 0 atom stereocenters. The van der Waals surface area contributed by atoms with Crippen molar-refractivity contribution >= 4 is 11.8 Å². The van der Waals surface area contributed by atoms with E-state index in [1.807, 2.05) is 29.9 Å². The van der Waals surface area contributed by atoms with Gasteiger partial charge in [0.1, 0.15) is 0 Å². The van der Waals surface area contributed by atoms with E-state index in [1.54, 1.807) is 16.9 Å². The van der Waals surface area contributed by atoms with Crippen LogP contribution in [0, 0.1) is 5.92 Å². The van der Waals surface area contributed by atoms with Gasteiger partial charge in [0.05, 0.1) is 19.7 Å². The Bertz CT molecular complexity index is 566. The van der Waals surface area contributed by atoms with Crippen molar-refractivity contribution in [2.45, 2.75) is 39.2 Å². The van der Waals surface area contributed by atoms with Crippen molar-refractivity contribution in [3.8, 4) is 0 Å². The van der Waals surface area contributed by atoms with Crippen LogP contribution >= 0.6 is 0 Å². The van der Waals surface area contributed by atoms with Crippen LogP contribution in [0.1, 0.15) is 38.3 Å². The summed E-state index contributed by atoms with van der Waals surface area (Å²) in [5.41, 5.74) is 1.07. The predicted octanol–water partition coefficient (Wildman–Crippen LogP) is 2.04. The maximum atomic E-state index is 12.9. The zero-order chi connectivity index (χ0) is 18.2. The van der Waals surface area contributed by atoms with E-state index in [1.165, 1.54) is 0 Å². The molecule has 6 nitrogen and oxygen atoms in total. The number of ether oxygens (including phenoxy) is 1.